The number of aryl methyl sites for hydroxylation is 2. The van der Waals surface area contributed by atoms with Crippen molar-refractivity contribution in [1.29, 1.82) is 0 Å². The van der Waals surface area contributed by atoms with E-state index in [1.54, 1.807) is 11.3 Å². The number of carbonyl (C=O) groups excluding carboxylic acids is 1. The molecule has 2 aliphatic rings. The summed E-state index contributed by atoms with van der Waals surface area (Å²) in [5.74, 6) is 1.02. The van der Waals surface area contributed by atoms with Gasteiger partial charge in [-0.15, -0.1) is 11.3 Å². The Hall–Kier alpha value is -1.75. The lowest BCUT2D eigenvalue weighted by Gasteiger charge is -2.17. The van der Waals surface area contributed by atoms with E-state index < -0.39 is 0 Å². The third kappa shape index (κ3) is 2.24. The molecular weight excluding hydrogens is 294 g/mol. The number of hydrogen-bond acceptors (Lipinski definition) is 4. The van der Waals surface area contributed by atoms with Gasteiger partial charge in [0, 0.05) is 35.0 Å². The summed E-state index contributed by atoms with van der Waals surface area (Å²) in [6.45, 7) is 3.31. The molecule has 0 saturated carbocycles. The normalized spacial score (nSPS) is 16.5. The molecule has 1 aliphatic heterocycles. The average Bonchev–Trinajstić information content (AvgIpc) is 3.17. The van der Waals surface area contributed by atoms with E-state index >= 15 is 0 Å². The highest BCUT2D eigenvalue weighted by Gasteiger charge is 2.29. The smallest absolute Gasteiger partial charge is 0.255 e. The first-order valence-electron chi connectivity index (χ1n) is 7.98. The SMILES string of the molecule is CCc1ncc2c(n1)CN(C(=O)c1csc3c1CCCC3)C2. The van der Waals surface area contributed by atoms with Gasteiger partial charge < -0.3 is 4.90 Å². The monoisotopic (exact) mass is 313 g/mol. The number of carbonyl (C=O) groups is 1. The Morgan fingerprint density at radius 3 is 3.05 bits per heavy atom. The second kappa shape index (κ2) is 5.47. The van der Waals surface area contributed by atoms with Crippen LogP contribution in [0.5, 0.6) is 0 Å². The lowest BCUT2D eigenvalue weighted by molar-refractivity contribution is 0.0749. The van der Waals surface area contributed by atoms with Gasteiger partial charge in [-0.2, -0.15) is 0 Å². The highest BCUT2D eigenvalue weighted by Crippen LogP contribution is 2.32. The van der Waals surface area contributed by atoms with Crippen molar-refractivity contribution in [2.24, 2.45) is 0 Å². The largest absolute Gasteiger partial charge is 0.328 e. The lowest BCUT2D eigenvalue weighted by atomic mass is 9.95. The Morgan fingerprint density at radius 1 is 1.32 bits per heavy atom. The van der Waals surface area contributed by atoms with E-state index in [0.29, 0.717) is 13.1 Å². The minimum absolute atomic E-state index is 0.162. The quantitative estimate of drug-likeness (QED) is 0.855. The summed E-state index contributed by atoms with van der Waals surface area (Å²) >= 11 is 1.75. The molecule has 0 saturated heterocycles. The van der Waals surface area contributed by atoms with Gasteiger partial charge in [0.25, 0.3) is 5.91 Å². The van der Waals surface area contributed by atoms with Crippen LogP contribution in [0.25, 0.3) is 0 Å². The minimum Gasteiger partial charge on any atom is -0.328 e. The topological polar surface area (TPSA) is 46.1 Å². The molecule has 4 rings (SSSR count). The molecule has 0 N–H and O–H groups in total. The van der Waals surface area contributed by atoms with Crippen LogP contribution < -0.4 is 0 Å². The zero-order chi connectivity index (χ0) is 15.1. The molecule has 0 spiro atoms. The second-order valence-corrected chi connectivity index (χ2v) is 7.00. The molecule has 0 bridgehead atoms. The first-order valence-corrected chi connectivity index (χ1v) is 8.86. The summed E-state index contributed by atoms with van der Waals surface area (Å²) in [6, 6.07) is 0. The molecule has 1 aliphatic carbocycles. The number of nitrogens with zero attached hydrogens (tertiary/aromatic N) is 3. The van der Waals surface area contributed by atoms with Gasteiger partial charge in [-0.25, -0.2) is 9.97 Å². The van der Waals surface area contributed by atoms with Crippen LogP contribution in [-0.4, -0.2) is 20.8 Å². The van der Waals surface area contributed by atoms with Crippen LogP contribution in [0.2, 0.25) is 0 Å². The Kier molecular flexibility index (Phi) is 3.45. The van der Waals surface area contributed by atoms with Gasteiger partial charge in [-0.1, -0.05) is 6.92 Å². The molecule has 1 amide bonds. The van der Waals surface area contributed by atoms with Crippen molar-refractivity contribution < 1.29 is 4.79 Å². The van der Waals surface area contributed by atoms with Crippen LogP contribution in [0.1, 0.15) is 57.6 Å². The summed E-state index contributed by atoms with van der Waals surface area (Å²) in [7, 11) is 0. The Morgan fingerprint density at radius 2 is 2.18 bits per heavy atom. The number of hydrogen-bond donors (Lipinski definition) is 0. The molecule has 0 atom stereocenters. The molecule has 2 aromatic rings. The van der Waals surface area contributed by atoms with E-state index in [9.17, 15) is 4.79 Å². The second-order valence-electron chi connectivity index (χ2n) is 6.03. The fourth-order valence-corrected chi connectivity index (χ4v) is 4.47. The van der Waals surface area contributed by atoms with E-state index in [1.807, 2.05) is 11.1 Å². The zero-order valence-electron chi connectivity index (χ0n) is 12.8. The Bertz CT molecular complexity index is 738. The molecule has 4 nitrogen and oxygen atoms in total. The van der Waals surface area contributed by atoms with Gasteiger partial charge in [0.2, 0.25) is 0 Å². The van der Waals surface area contributed by atoms with Crippen molar-refractivity contribution in [3.8, 4) is 0 Å². The third-order valence-electron chi connectivity index (χ3n) is 4.60. The van der Waals surface area contributed by atoms with E-state index in [2.05, 4.69) is 22.3 Å². The maximum absolute atomic E-state index is 12.9. The molecule has 22 heavy (non-hydrogen) atoms. The van der Waals surface area contributed by atoms with E-state index in [0.717, 1.165) is 41.9 Å². The summed E-state index contributed by atoms with van der Waals surface area (Å²) in [4.78, 5) is 25.1. The van der Waals surface area contributed by atoms with Crippen LogP contribution in [0.15, 0.2) is 11.6 Å². The Balaban J connectivity index is 1.59. The number of fused-ring (bicyclic) bond motifs is 2. The number of amides is 1. The number of rotatable bonds is 2. The maximum Gasteiger partial charge on any atom is 0.255 e. The van der Waals surface area contributed by atoms with Gasteiger partial charge in [-0.05, 0) is 31.2 Å². The minimum atomic E-state index is 0.162. The van der Waals surface area contributed by atoms with E-state index in [1.165, 1.54) is 23.3 Å². The van der Waals surface area contributed by atoms with Crippen LogP contribution in [0.4, 0.5) is 0 Å². The first kappa shape index (κ1) is 13.9. The van der Waals surface area contributed by atoms with Gasteiger partial charge in [0.05, 0.1) is 17.8 Å². The first-order chi connectivity index (χ1) is 10.8. The van der Waals surface area contributed by atoms with E-state index in [-0.39, 0.29) is 5.91 Å². The fraction of sp³-hybridized carbons (Fsp3) is 0.471. The molecule has 0 unspecified atom stereocenters. The predicted octanol–water partition coefficient (Wildman–Crippen LogP) is 3.14. The average molecular weight is 313 g/mol. The highest BCUT2D eigenvalue weighted by molar-refractivity contribution is 7.10. The molecule has 0 radical (unpaired) electrons. The molecule has 0 aromatic carbocycles. The fourth-order valence-electron chi connectivity index (χ4n) is 3.35. The summed E-state index contributed by atoms with van der Waals surface area (Å²) in [5.41, 5.74) is 4.34. The Labute approximate surface area is 134 Å². The molecule has 114 valence electrons. The zero-order valence-corrected chi connectivity index (χ0v) is 13.6. The molecule has 2 aromatic heterocycles. The third-order valence-corrected chi connectivity index (χ3v) is 5.69. The molecular formula is C17H19N3OS. The number of thiophene rings is 1. The van der Waals surface area contributed by atoms with Crippen LogP contribution in [-0.2, 0) is 32.4 Å². The van der Waals surface area contributed by atoms with Crippen molar-refractivity contribution in [3.05, 3.63) is 44.7 Å². The highest BCUT2D eigenvalue weighted by atomic mass is 32.1. The van der Waals surface area contributed by atoms with Crippen molar-refractivity contribution >= 4 is 17.2 Å². The van der Waals surface area contributed by atoms with Gasteiger partial charge in [0.15, 0.2) is 0 Å². The van der Waals surface area contributed by atoms with Crippen molar-refractivity contribution in [1.82, 2.24) is 14.9 Å². The number of aromatic nitrogens is 2. The van der Waals surface area contributed by atoms with Crippen LogP contribution in [0, 0.1) is 0 Å². The summed E-state index contributed by atoms with van der Waals surface area (Å²) in [5, 5.41) is 2.06. The standard InChI is InChI=1S/C17H19N3OS/c1-2-16-18-7-11-8-20(9-14(11)19-16)17(21)13-10-22-15-6-4-3-5-12(13)15/h7,10H,2-6,8-9H2,1H3. The van der Waals surface area contributed by atoms with Gasteiger partial charge >= 0.3 is 0 Å². The maximum atomic E-state index is 12.9. The summed E-state index contributed by atoms with van der Waals surface area (Å²) in [6.07, 6.45) is 7.37. The van der Waals surface area contributed by atoms with Gasteiger partial charge in [-0.3, -0.25) is 4.79 Å². The predicted molar refractivity (Wildman–Crippen MR) is 85.9 cm³/mol. The molecule has 0 fully saturated rings. The van der Waals surface area contributed by atoms with Crippen molar-refractivity contribution in [2.45, 2.75) is 52.1 Å². The van der Waals surface area contributed by atoms with E-state index in [4.69, 9.17) is 0 Å². The lowest BCUT2D eigenvalue weighted by Crippen LogP contribution is -2.26. The van der Waals surface area contributed by atoms with Crippen molar-refractivity contribution in [2.75, 3.05) is 0 Å². The van der Waals surface area contributed by atoms with Gasteiger partial charge in [0.1, 0.15) is 5.82 Å². The van der Waals surface area contributed by atoms with Crippen molar-refractivity contribution in [3.63, 3.8) is 0 Å². The molecule has 3 heterocycles. The van der Waals surface area contributed by atoms with Crippen LogP contribution >= 0.6 is 11.3 Å². The molecule has 5 heteroatoms. The summed E-state index contributed by atoms with van der Waals surface area (Å²) < 4.78 is 0. The van der Waals surface area contributed by atoms with Crippen LogP contribution in [0.3, 0.4) is 0 Å².